The Morgan fingerprint density at radius 2 is 1.84 bits per heavy atom. The molecule has 6 nitrogen and oxygen atoms in total. The lowest BCUT2D eigenvalue weighted by atomic mass is 10.2. The van der Waals surface area contributed by atoms with E-state index in [2.05, 4.69) is 10.3 Å². The van der Waals surface area contributed by atoms with E-state index < -0.39 is 34.7 Å². The average Bonchev–Trinajstić information content (AvgIpc) is 2.73. The minimum atomic E-state index is -4.68. The Hall–Kier alpha value is -3.33. The van der Waals surface area contributed by atoms with Crippen LogP contribution in [-0.4, -0.2) is 30.1 Å². The van der Waals surface area contributed by atoms with Crippen LogP contribution in [0.4, 0.5) is 18.9 Å². The number of methoxy groups -OCH3 is 1. The lowest BCUT2D eigenvalue weighted by molar-refractivity contribution is -0.137. The first-order valence-electron chi connectivity index (χ1n) is 8.92. The first kappa shape index (κ1) is 22.4. The molecule has 0 bridgehead atoms. The van der Waals surface area contributed by atoms with Crippen molar-refractivity contribution < 1.29 is 32.2 Å². The Bertz CT molecular complexity index is 1150. The fraction of sp³-hybridized carbons (Fsp3) is 0.190. The monoisotopic (exact) mass is 452 g/mol. The molecule has 10 heteroatoms. The number of benzene rings is 2. The summed E-state index contributed by atoms with van der Waals surface area (Å²) in [5.74, 6) is -1.03. The van der Waals surface area contributed by atoms with Gasteiger partial charge in [0.25, 0.3) is 5.91 Å². The van der Waals surface area contributed by atoms with Gasteiger partial charge in [0, 0.05) is 11.1 Å². The van der Waals surface area contributed by atoms with E-state index in [0.29, 0.717) is 17.3 Å². The number of esters is 1. The number of alkyl halides is 3. The van der Waals surface area contributed by atoms with Crippen LogP contribution in [0.1, 0.15) is 23.0 Å². The maximum Gasteiger partial charge on any atom is 0.417 e. The van der Waals surface area contributed by atoms with Gasteiger partial charge in [0.15, 0.2) is 6.10 Å². The molecule has 0 fully saturated rings. The first-order chi connectivity index (χ1) is 14.6. The number of ether oxygens (including phenoxy) is 2. The summed E-state index contributed by atoms with van der Waals surface area (Å²) in [5, 5.41) is 2.52. The number of anilines is 1. The van der Waals surface area contributed by atoms with Crippen molar-refractivity contribution >= 4 is 40.1 Å². The van der Waals surface area contributed by atoms with Crippen LogP contribution in [0.2, 0.25) is 5.02 Å². The molecule has 0 aliphatic heterocycles. The summed E-state index contributed by atoms with van der Waals surface area (Å²) in [5.41, 5.74) is -0.729. The number of nitrogens with zero attached hydrogens (tertiary/aromatic N) is 1. The van der Waals surface area contributed by atoms with Gasteiger partial charge in [0.1, 0.15) is 11.4 Å². The molecular weight excluding hydrogens is 437 g/mol. The molecule has 3 aromatic rings. The Balaban J connectivity index is 1.69. The van der Waals surface area contributed by atoms with Gasteiger partial charge >= 0.3 is 12.1 Å². The highest BCUT2D eigenvalue weighted by Gasteiger charge is 2.33. The highest BCUT2D eigenvalue weighted by Crippen LogP contribution is 2.36. The molecule has 1 unspecified atom stereocenters. The number of fused-ring (bicyclic) bond motifs is 1. The van der Waals surface area contributed by atoms with Gasteiger partial charge in [-0.05, 0) is 49.4 Å². The highest BCUT2D eigenvalue weighted by atomic mass is 35.5. The quantitative estimate of drug-likeness (QED) is 0.545. The number of halogens is 4. The van der Waals surface area contributed by atoms with Crippen LogP contribution in [0.5, 0.6) is 5.75 Å². The van der Waals surface area contributed by atoms with Crippen molar-refractivity contribution in [1.82, 2.24) is 4.98 Å². The number of rotatable bonds is 5. The molecule has 1 heterocycles. The van der Waals surface area contributed by atoms with Gasteiger partial charge in [-0.1, -0.05) is 17.7 Å². The van der Waals surface area contributed by atoms with Gasteiger partial charge in [0.05, 0.1) is 23.2 Å². The zero-order chi connectivity index (χ0) is 22.8. The van der Waals surface area contributed by atoms with Crippen LogP contribution in [0, 0.1) is 0 Å². The molecule has 0 aliphatic rings. The maximum absolute atomic E-state index is 13.0. The second-order valence-electron chi connectivity index (χ2n) is 6.48. The van der Waals surface area contributed by atoms with Crippen molar-refractivity contribution in [2.24, 2.45) is 0 Å². The normalized spacial score (nSPS) is 12.3. The predicted molar refractivity (Wildman–Crippen MR) is 108 cm³/mol. The zero-order valence-corrected chi connectivity index (χ0v) is 17.0. The molecular formula is C21H16ClF3N2O4. The molecule has 1 amide bonds. The van der Waals surface area contributed by atoms with E-state index in [1.165, 1.54) is 26.2 Å². The summed E-state index contributed by atoms with van der Waals surface area (Å²) in [7, 11) is 1.53. The van der Waals surface area contributed by atoms with Crippen molar-refractivity contribution in [3.05, 3.63) is 64.8 Å². The van der Waals surface area contributed by atoms with E-state index in [9.17, 15) is 22.8 Å². The summed E-state index contributed by atoms with van der Waals surface area (Å²) in [4.78, 5) is 28.8. The molecule has 1 N–H and O–H groups in total. The van der Waals surface area contributed by atoms with Crippen molar-refractivity contribution in [2.75, 3.05) is 12.4 Å². The van der Waals surface area contributed by atoms with Gasteiger partial charge in [0.2, 0.25) is 0 Å². The Morgan fingerprint density at radius 1 is 1.10 bits per heavy atom. The Kier molecular flexibility index (Phi) is 6.35. The van der Waals surface area contributed by atoms with Crippen LogP contribution < -0.4 is 10.1 Å². The topological polar surface area (TPSA) is 77.5 Å². The standard InChI is InChI=1S/C21H16ClF3N2O4/c1-11(19(28)26-13-4-6-16(22)15(10-13)21(23,24)25)31-20(29)18-7-3-12-9-14(30-2)5-8-17(12)27-18/h3-11H,1-2H3,(H,26,28). The molecule has 1 atom stereocenters. The van der Waals surface area contributed by atoms with Gasteiger partial charge in [-0.25, -0.2) is 9.78 Å². The first-order valence-corrected chi connectivity index (χ1v) is 9.29. The van der Waals surface area contributed by atoms with E-state index in [-0.39, 0.29) is 11.4 Å². The summed E-state index contributed by atoms with van der Waals surface area (Å²) in [6.45, 7) is 1.29. The van der Waals surface area contributed by atoms with E-state index in [0.717, 1.165) is 11.5 Å². The molecule has 0 spiro atoms. The Morgan fingerprint density at radius 3 is 2.52 bits per heavy atom. The molecule has 162 valence electrons. The minimum Gasteiger partial charge on any atom is -0.497 e. The fourth-order valence-corrected chi connectivity index (χ4v) is 2.91. The molecule has 3 rings (SSSR count). The SMILES string of the molecule is COc1ccc2nc(C(=O)OC(C)C(=O)Nc3ccc(Cl)c(C(F)(F)F)c3)ccc2c1. The van der Waals surface area contributed by atoms with Crippen LogP contribution >= 0.6 is 11.6 Å². The average molecular weight is 453 g/mol. The smallest absolute Gasteiger partial charge is 0.417 e. The summed E-state index contributed by atoms with van der Waals surface area (Å²) < 4.78 is 49.1. The number of carbonyl (C=O) groups excluding carboxylic acids is 2. The van der Waals surface area contributed by atoms with E-state index >= 15 is 0 Å². The van der Waals surface area contributed by atoms with Crippen LogP contribution in [0.3, 0.4) is 0 Å². The summed E-state index contributed by atoms with van der Waals surface area (Å²) >= 11 is 5.56. The number of pyridine rings is 1. The largest absolute Gasteiger partial charge is 0.497 e. The maximum atomic E-state index is 13.0. The molecule has 0 saturated heterocycles. The van der Waals surface area contributed by atoms with Crippen LogP contribution in [0.25, 0.3) is 10.9 Å². The fourth-order valence-electron chi connectivity index (χ4n) is 2.68. The van der Waals surface area contributed by atoms with Crippen molar-refractivity contribution in [1.29, 1.82) is 0 Å². The van der Waals surface area contributed by atoms with Crippen molar-refractivity contribution in [3.8, 4) is 5.75 Å². The number of carbonyl (C=O) groups is 2. The van der Waals surface area contributed by atoms with E-state index in [1.807, 2.05) is 0 Å². The van der Waals surface area contributed by atoms with Crippen LogP contribution in [-0.2, 0) is 15.7 Å². The molecule has 31 heavy (non-hydrogen) atoms. The van der Waals surface area contributed by atoms with Gasteiger partial charge in [-0.3, -0.25) is 4.79 Å². The summed E-state index contributed by atoms with van der Waals surface area (Å²) in [6, 6.07) is 11.1. The molecule has 1 aromatic heterocycles. The number of nitrogens with one attached hydrogen (secondary N) is 1. The van der Waals surface area contributed by atoms with E-state index in [1.54, 1.807) is 24.3 Å². The highest BCUT2D eigenvalue weighted by molar-refractivity contribution is 6.31. The number of aromatic nitrogens is 1. The Labute approximate surface area is 179 Å². The second-order valence-corrected chi connectivity index (χ2v) is 6.89. The number of hydrogen-bond acceptors (Lipinski definition) is 5. The third kappa shape index (κ3) is 5.24. The molecule has 0 saturated carbocycles. The number of amides is 1. The molecule has 0 aliphatic carbocycles. The zero-order valence-electron chi connectivity index (χ0n) is 16.3. The summed E-state index contributed by atoms with van der Waals surface area (Å²) in [6.07, 6.45) is -5.97. The van der Waals surface area contributed by atoms with Gasteiger partial charge in [-0.2, -0.15) is 13.2 Å². The predicted octanol–water partition coefficient (Wildman–Crippen LogP) is 5.10. The third-order valence-electron chi connectivity index (χ3n) is 4.30. The van der Waals surface area contributed by atoms with Crippen molar-refractivity contribution in [2.45, 2.75) is 19.2 Å². The molecule has 2 aromatic carbocycles. The lowest BCUT2D eigenvalue weighted by Crippen LogP contribution is -2.30. The van der Waals surface area contributed by atoms with Gasteiger partial charge < -0.3 is 14.8 Å². The lowest BCUT2D eigenvalue weighted by Gasteiger charge is -2.15. The molecule has 0 radical (unpaired) electrons. The second kappa shape index (κ2) is 8.81. The minimum absolute atomic E-state index is 0.0248. The van der Waals surface area contributed by atoms with E-state index in [4.69, 9.17) is 21.1 Å². The number of hydrogen-bond donors (Lipinski definition) is 1. The third-order valence-corrected chi connectivity index (χ3v) is 4.63. The van der Waals surface area contributed by atoms with Gasteiger partial charge in [-0.15, -0.1) is 0 Å². The van der Waals surface area contributed by atoms with Crippen molar-refractivity contribution in [3.63, 3.8) is 0 Å². The van der Waals surface area contributed by atoms with Crippen LogP contribution in [0.15, 0.2) is 48.5 Å².